The molecule has 1 aliphatic rings. The number of carbonyl (C=O) groups excluding carboxylic acids is 1. The SMILES string of the molecule is CCC1OCC(=O)N(C)C1C(=O)O. The van der Waals surface area contributed by atoms with Gasteiger partial charge in [-0.15, -0.1) is 0 Å². The van der Waals surface area contributed by atoms with E-state index in [1.54, 1.807) is 0 Å². The van der Waals surface area contributed by atoms with Crippen molar-refractivity contribution >= 4 is 11.9 Å². The van der Waals surface area contributed by atoms with E-state index in [1.165, 1.54) is 11.9 Å². The van der Waals surface area contributed by atoms with Crippen molar-refractivity contribution in [2.45, 2.75) is 25.5 Å². The number of hydrogen-bond donors (Lipinski definition) is 1. The fraction of sp³-hybridized carbons (Fsp3) is 0.750. The summed E-state index contributed by atoms with van der Waals surface area (Å²) in [6.45, 7) is 1.82. The molecular weight excluding hydrogens is 174 g/mol. The summed E-state index contributed by atoms with van der Waals surface area (Å²) in [5.74, 6) is -1.29. The largest absolute Gasteiger partial charge is 0.480 e. The van der Waals surface area contributed by atoms with E-state index < -0.39 is 12.0 Å². The number of rotatable bonds is 2. The van der Waals surface area contributed by atoms with Gasteiger partial charge in [0.05, 0.1) is 6.10 Å². The monoisotopic (exact) mass is 187 g/mol. The second kappa shape index (κ2) is 3.74. The maximum absolute atomic E-state index is 11.1. The first kappa shape index (κ1) is 9.98. The molecule has 2 atom stereocenters. The first-order valence-corrected chi connectivity index (χ1v) is 4.18. The van der Waals surface area contributed by atoms with Gasteiger partial charge in [0.25, 0.3) is 0 Å². The van der Waals surface area contributed by atoms with Gasteiger partial charge in [0.2, 0.25) is 5.91 Å². The van der Waals surface area contributed by atoms with Gasteiger partial charge in [0.1, 0.15) is 6.61 Å². The Hall–Kier alpha value is -1.10. The second-order valence-electron chi connectivity index (χ2n) is 3.05. The number of carbonyl (C=O) groups is 2. The van der Waals surface area contributed by atoms with Crippen molar-refractivity contribution in [1.82, 2.24) is 4.90 Å². The van der Waals surface area contributed by atoms with Crippen molar-refractivity contribution < 1.29 is 19.4 Å². The molecule has 0 radical (unpaired) electrons. The van der Waals surface area contributed by atoms with Crippen LogP contribution in [0.3, 0.4) is 0 Å². The van der Waals surface area contributed by atoms with Gasteiger partial charge in [-0.3, -0.25) is 4.79 Å². The summed E-state index contributed by atoms with van der Waals surface area (Å²) in [4.78, 5) is 23.1. The average molecular weight is 187 g/mol. The van der Waals surface area contributed by atoms with Crippen molar-refractivity contribution in [3.8, 4) is 0 Å². The molecule has 1 aliphatic heterocycles. The highest BCUT2D eigenvalue weighted by Gasteiger charge is 2.38. The molecular formula is C8H13NO4. The number of ether oxygens (including phenoxy) is 1. The molecule has 0 aromatic carbocycles. The zero-order valence-electron chi connectivity index (χ0n) is 7.69. The van der Waals surface area contributed by atoms with Gasteiger partial charge in [-0.2, -0.15) is 0 Å². The Kier molecular flexibility index (Phi) is 2.87. The lowest BCUT2D eigenvalue weighted by Gasteiger charge is -2.35. The average Bonchev–Trinajstić information content (AvgIpc) is 2.08. The van der Waals surface area contributed by atoms with E-state index in [0.717, 1.165) is 0 Å². The Morgan fingerprint density at radius 2 is 2.38 bits per heavy atom. The summed E-state index contributed by atoms with van der Waals surface area (Å²) < 4.78 is 5.11. The highest BCUT2D eigenvalue weighted by atomic mass is 16.5. The minimum absolute atomic E-state index is 0.0151. The second-order valence-corrected chi connectivity index (χ2v) is 3.05. The lowest BCUT2D eigenvalue weighted by atomic mass is 10.1. The Morgan fingerprint density at radius 3 is 2.85 bits per heavy atom. The van der Waals surface area contributed by atoms with Crippen LogP contribution >= 0.6 is 0 Å². The predicted octanol–water partition coefficient (Wildman–Crippen LogP) is -0.293. The minimum Gasteiger partial charge on any atom is -0.480 e. The van der Waals surface area contributed by atoms with Crippen LogP contribution in [0.4, 0.5) is 0 Å². The number of carboxylic acids is 1. The molecule has 1 amide bonds. The molecule has 1 rings (SSSR count). The molecule has 0 aromatic heterocycles. The van der Waals surface area contributed by atoms with Gasteiger partial charge >= 0.3 is 5.97 Å². The van der Waals surface area contributed by atoms with E-state index in [-0.39, 0.29) is 18.6 Å². The van der Waals surface area contributed by atoms with Gasteiger partial charge in [-0.25, -0.2) is 4.79 Å². The molecule has 0 saturated carbocycles. The topological polar surface area (TPSA) is 66.8 Å². The summed E-state index contributed by atoms with van der Waals surface area (Å²) in [6, 6.07) is -0.841. The number of amides is 1. The van der Waals surface area contributed by atoms with E-state index in [4.69, 9.17) is 9.84 Å². The fourth-order valence-electron chi connectivity index (χ4n) is 1.44. The van der Waals surface area contributed by atoms with Crippen molar-refractivity contribution in [3.05, 3.63) is 0 Å². The fourth-order valence-corrected chi connectivity index (χ4v) is 1.44. The van der Waals surface area contributed by atoms with Gasteiger partial charge in [0.15, 0.2) is 6.04 Å². The number of nitrogens with zero attached hydrogens (tertiary/aromatic N) is 1. The molecule has 0 aromatic rings. The molecule has 1 saturated heterocycles. The Labute approximate surface area is 76.3 Å². The van der Waals surface area contributed by atoms with Crippen molar-refractivity contribution in [2.24, 2.45) is 0 Å². The van der Waals surface area contributed by atoms with Crippen LogP contribution in [0.25, 0.3) is 0 Å². The number of carboxylic acid groups (broad SMARTS) is 1. The molecule has 0 bridgehead atoms. The molecule has 0 spiro atoms. The summed E-state index contributed by atoms with van der Waals surface area (Å²) >= 11 is 0. The molecule has 5 heteroatoms. The molecule has 0 aliphatic carbocycles. The third-order valence-corrected chi connectivity index (χ3v) is 2.24. The zero-order chi connectivity index (χ0) is 10.0. The van der Waals surface area contributed by atoms with Crippen LogP contribution < -0.4 is 0 Å². The predicted molar refractivity (Wildman–Crippen MR) is 44.2 cm³/mol. The Bertz CT molecular complexity index is 228. The van der Waals surface area contributed by atoms with E-state index >= 15 is 0 Å². The molecule has 5 nitrogen and oxygen atoms in total. The maximum Gasteiger partial charge on any atom is 0.329 e. The first-order valence-electron chi connectivity index (χ1n) is 4.18. The molecule has 74 valence electrons. The summed E-state index contributed by atoms with van der Waals surface area (Å²) in [7, 11) is 1.49. The third kappa shape index (κ3) is 1.80. The third-order valence-electron chi connectivity index (χ3n) is 2.24. The number of morpholine rings is 1. The van der Waals surface area contributed by atoms with Gasteiger partial charge in [0, 0.05) is 7.05 Å². The van der Waals surface area contributed by atoms with Gasteiger partial charge < -0.3 is 14.7 Å². The Morgan fingerprint density at radius 1 is 1.77 bits per heavy atom. The number of aliphatic carboxylic acids is 1. The van der Waals surface area contributed by atoms with E-state index in [0.29, 0.717) is 6.42 Å². The Balaban J connectivity index is 2.80. The summed E-state index contributed by atoms with van der Waals surface area (Å²) in [5.41, 5.74) is 0. The van der Waals surface area contributed by atoms with E-state index in [1.807, 2.05) is 6.92 Å². The summed E-state index contributed by atoms with van der Waals surface area (Å²) in [6.07, 6.45) is 0.203. The standard InChI is InChI=1S/C8H13NO4/c1-3-5-7(8(11)12)9(2)6(10)4-13-5/h5,7H,3-4H2,1-2H3,(H,11,12). The molecule has 1 fully saturated rings. The lowest BCUT2D eigenvalue weighted by Crippen LogP contribution is -2.56. The highest BCUT2D eigenvalue weighted by molar-refractivity contribution is 5.85. The molecule has 1 N–H and O–H groups in total. The van der Waals surface area contributed by atoms with Crippen LogP contribution in [0.5, 0.6) is 0 Å². The van der Waals surface area contributed by atoms with Crippen molar-refractivity contribution in [1.29, 1.82) is 0 Å². The van der Waals surface area contributed by atoms with Crippen LogP contribution in [-0.4, -0.2) is 47.7 Å². The first-order chi connectivity index (χ1) is 6.07. The van der Waals surface area contributed by atoms with Crippen LogP contribution in [0, 0.1) is 0 Å². The van der Waals surface area contributed by atoms with E-state index in [9.17, 15) is 9.59 Å². The number of hydrogen-bond acceptors (Lipinski definition) is 3. The normalized spacial score (nSPS) is 29.1. The zero-order valence-corrected chi connectivity index (χ0v) is 7.69. The lowest BCUT2D eigenvalue weighted by molar-refractivity contribution is -0.169. The molecule has 1 heterocycles. The van der Waals surface area contributed by atoms with Crippen molar-refractivity contribution in [3.63, 3.8) is 0 Å². The quantitative estimate of drug-likeness (QED) is 0.645. The van der Waals surface area contributed by atoms with Crippen LogP contribution in [0.1, 0.15) is 13.3 Å². The van der Waals surface area contributed by atoms with Crippen molar-refractivity contribution in [2.75, 3.05) is 13.7 Å². The number of likely N-dealkylation sites (N-methyl/N-ethyl adjacent to an activating group) is 1. The van der Waals surface area contributed by atoms with Gasteiger partial charge in [-0.1, -0.05) is 6.92 Å². The summed E-state index contributed by atoms with van der Waals surface area (Å²) in [5, 5.41) is 8.85. The van der Waals surface area contributed by atoms with Crippen LogP contribution in [-0.2, 0) is 14.3 Å². The van der Waals surface area contributed by atoms with Crippen LogP contribution in [0.15, 0.2) is 0 Å². The molecule has 2 unspecified atom stereocenters. The van der Waals surface area contributed by atoms with E-state index in [2.05, 4.69) is 0 Å². The highest BCUT2D eigenvalue weighted by Crippen LogP contribution is 2.16. The van der Waals surface area contributed by atoms with Crippen LogP contribution in [0.2, 0.25) is 0 Å². The molecule has 13 heavy (non-hydrogen) atoms. The smallest absolute Gasteiger partial charge is 0.329 e. The maximum atomic E-state index is 11.1. The van der Waals surface area contributed by atoms with Gasteiger partial charge in [-0.05, 0) is 6.42 Å². The minimum atomic E-state index is -1.01.